The summed E-state index contributed by atoms with van der Waals surface area (Å²) in [7, 11) is 0. The Morgan fingerprint density at radius 1 is 0.947 bits per heavy atom. The van der Waals surface area contributed by atoms with E-state index in [1.165, 1.54) is 18.2 Å². The number of halogens is 4. The van der Waals surface area contributed by atoms with Gasteiger partial charge in [-0.2, -0.15) is 0 Å². The van der Waals surface area contributed by atoms with Gasteiger partial charge in [0.25, 0.3) is 0 Å². The average Bonchev–Trinajstić information content (AvgIpc) is 2.38. The van der Waals surface area contributed by atoms with E-state index in [4.69, 9.17) is 28.9 Å². The van der Waals surface area contributed by atoms with Gasteiger partial charge in [-0.25, -0.2) is 8.78 Å². The number of hydrogen-bond donors (Lipinski definition) is 1. The van der Waals surface area contributed by atoms with Gasteiger partial charge >= 0.3 is 0 Å². The standard InChI is InChI=1S/C14H11Cl2F2N/c15-13-8(3-1-5-10(13)17)7-12(19)9-4-2-6-11(18)14(9)16/h1-6,12H,7,19H2. The monoisotopic (exact) mass is 301 g/mol. The van der Waals surface area contributed by atoms with Crippen LogP contribution in [0.2, 0.25) is 10.0 Å². The minimum absolute atomic E-state index is 0.0116. The second-order valence-corrected chi connectivity index (χ2v) is 4.92. The molecule has 0 saturated carbocycles. The number of rotatable bonds is 3. The molecule has 1 unspecified atom stereocenters. The smallest absolute Gasteiger partial charge is 0.142 e. The molecule has 2 aromatic carbocycles. The van der Waals surface area contributed by atoms with Gasteiger partial charge in [0, 0.05) is 6.04 Å². The topological polar surface area (TPSA) is 26.0 Å². The first-order valence-electron chi connectivity index (χ1n) is 5.63. The Hall–Kier alpha value is -1.16. The normalized spacial score (nSPS) is 12.5. The second kappa shape index (κ2) is 5.87. The molecule has 1 atom stereocenters. The third-order valence-corrected chi connectivity index (χ3v) is 3.67. The first-order valence-corrected chi connectivity index (χ1v) is 6.38. The molecule has 5 heteroatoms. The summed E-state index contributed by atoms with van der Waals surface area (Å²) in [5, 5.41) is 0.0213. The van der Waals surface area contributed by atoms with Crippen LogP contribution in [0.1, 0.15) is 17.2 Å². The van der Waals surface area contributed by atoms with Crippen molar-refractivity contribution in [1.29, 1.82) is 0 Å². The lowest BCUT2D eigenvalue weighted by Crippen LogP contribution is -2.14. The van der Waals surface area contributed by atoms with Gasteiger partial charge in [0.2, 0.25) is 0 Å². The lowest BCUT2D eigenvalue weighted by molar-refractivity contribution is 0.614. The minimum Gasteiger partial charge on any atom is -0.324 e. The lowest BCUT2D eigenvalue weighted by atomic mass is 9.99. The molecule has 0 heterocycles. The molecule has 0 spiro atoms. The SMILES string of the molecule is NC(Cc1cccc(F)c1Cl)c1cccc(F)c1Cl. The Balaban J connectivity index is 2.28. The Morgan fingerprint density at radius 2 is 1.53 bits per heavy atom. The summed E-state index contributed by atoms with van der Waals surface area (Å²) in [4.78, 5) is 0. The van der Waals surface area contributed by atoms with Crippen LogP contribution in [0.3, 0.4) is 0 Å². The second-order valence-electron chi connectivity index (χ2n) is 4.17. The van der Waals surface area contributed by atoms with Crippen molar-refractivity contribution in [2.75, 3.05) is 0 Å². The van der Waals surface area contributed by atoms with E-state index in [9.17, 15) is 8.78 Å². The molecule has 2 N–H and O–H groups in total. The van der Waals surface area contributed by atoms with Crippen LogP contribution in [0.4, 0.5) is 8.78 Å². The zero-order valence-corrected chi connectivity index (χ0v) is 11.3. The third kappa shape index (κ3) is 3.06. The molecular formula is C14H11Cl2F2N. The molecule has 0 aliphatic carbocycles. The van der Waals surface area contributed by atoms with Gasteiger partial charge in [-0.3, -0.25) is 0 Å². The van der Waals surface area contributed by atoms with Crippen molar-refractivity contribution in [3.63, 3.8) is 0 Å². The van der Waals surface area contributed by atoms with Gasteiger partial charge in [-0.1, -0.05) is 47.5 Å². The molecule has 0 saturated heterocycles. The highest BCUT2D eigenvalue weighted by Gasteiger charge is 2.16. The van der Waals surface area contributed by atoms with E-state index in [0.717, 1.165) is 0 Å². The van der Waals surface area contributed by atoms with Crippen LogP contribution in [0.5, 0.6) is 0 Å². The third-order valence-electron chi connectivity index (χ3n) is 2.85. The molecule has 0 aromatic heterocycles. The Bertz CT molecular complexity index is 602. The van der Waals surface area contributed by atoms with Gasteiger partial charge in [-0.05, 0) is 29.7 Å². The predicted octanol–water partition coefficient (Wildman–Crippen LogP) is 4.51. The molecule has 0 bridgehead atoms. The summed E-state index contributed by atoms with van der Waals surface area (Å²) in [5.74, 6) is -1.03. The number of nitrogens with two attached hydrogens (primary N) is 1. The van der Waals surface area contributed by atoms with Crippen molar-refractivity contribution < 1.29 is 8.78 Å². The lowest BCUT2D eigenvalue weighted by Gasteiger charge is -2.15. The number of hydrogen-bond acceptors (Lipinski definition) is 1. The van der Waals surface area contributed by atoms with E-state index >= 15 is 0 Å². The molecular weight excluding hydrogens is 291 g/mol. The fourth-order valence-electron chi connectivity index (χ4n) is 1.86. The average molecular weight is 302 g/mol. The minimum atomic E-state index is -0.553. The van der Waals surface area contributed by atoms with Gasteiger partial charge in [0.05, 0.1) is 10.0 Å². The highest BCUT2D eigenvalue weighted by molar-refractivity contribution is 6.32. The first kappa shape index (κ1) is 14.3. The highest BCUT2D eigenvalue weighted by atomic mass is 35.5. The number of benzene rings is 2. The van der Waals surface area contributed by atoms with Crippen LogP contribution in [-0.2, 0) is 6.42 Å². The Morgan fingerprint density at radius 3 is 2.21 bits per heavy atom. The maximum atomic E-state index is 13.3. The fraction of sp³-hybridized carbons (Fsp3) is 0.143. The van der Waals surface area contributed by atoms with E-state index < -0.39 is 17.7 Å². The Labute approximate surface area is 119 Å². The molecule has 0 aliphatic rings. The van der Waals surface area contributed by atoms with Crippen LogP contribution >= 0.6 is 23.2 Å². The van der Waals surface area contributed by atoms with Crippen molar-refractivity contribution in [2.24, 2.45) is 5.73 Å². The highest BCUT2D eigenvalue weighted by Crippen LogP contribution is 2.29. The van der Waals surface area contributed by atoms with E-state index in [-0.39, 0.29) is 16.5 Å². The van der Waals surface area contributed by atoms with Gasteiger partial charge in [0.15, 0.2) is 0 Å². The molecule has 0 amide bonds. The summed E-state index contributed by atoms with van der Waals surface area (Å²) in [6.45, 7) is 0. The van der Waals surface area contributed by atoms with Gasteiger partial charge in [0.1, 0.15) is 11.6 Å². The quantitative estimate of drug-likeness (QED) is 0.886. The van der Waals surface area contributed by atoms with Crippen LogP contribution in [0, 0.1) is 11.6 Å². The maximum Gasteiger partial charge on any atom is 0.142 e. The molecule has 0 aliphatic heterocycles. The van der Waals surface area contributed by atoms with Crippen LogP contribution in [-0.4, -0.2) is 0 Å². The summed E-state index contributed by atoms with van der Waals surface area (Å²) < 4.78 is 26.7. The summed E-state index contributed by atoms with van der Waals surface area (Å²) in [6.07, 6.45) is 0.278. The molecule has 2 rings (SSSR count). The summed E-state index contributed by atoms with van der Waals surface area (Å²) in [6, 6.07) is 8.38. The van der Waals surface area contributed by atoms with Crippen LogP contribution < -0.4 is 5.73 Å². The van der Waals surface area contributed by atoms with E-state index in [1.54, 1.807) is 18.2 Å². The zero-order valence-electron chi connectivity index (χ0n) is 9.84. The zero-order chi connectivity index (χ0) is 14.0. The fourth-order valence-corrected chi connectivity index (χ4v) is 2.33. The van der Waals surface area contributed by atoms with Crippen LogP contribution in [0.25, 0.3) is 0 Å². The van der Waals surface area contributed by atoms with E-state index in [1.807, 2.05) is 0 Å². The van der Waals surface area contributed by atoms with Gasteiger partial charge < -0.3 is 5.73 Å². The molecule has 19 heavy (non-hydrogen) atoms. The maximum absolute atomic E-state index is 13.3. The Kier molecular flexibility index (Phi) is 4.40. The molecule has 0 fully saturated rings. The van der Waals surface area contributed by atoms with Crippen molar-refractivity contribution in [3.05, 3.63) is 69.2 Å². The molecule has 0 radical (unpaired) electrons. The van der Waals surface area contributed by atoms with Crippen molar-refractivity contribution in [1.82, 2.24) is 0 Å². The predicted molar refractivity (Wildman–Crippen MR) is 73.5 cm³/mol. The van der Waals surface area contributed by atoms with Crippen molar-refractivity contribution in [3.8, 4) is 0 Å². The largest absolute Gasteiger partial charge is 0.324 e. The summed E-state index contributed by atoms with van der Waals surface area (Å²) in [5.41, 5.74) is 7.02. The van der Waals surface area contributed by atoms with Crippen LogP contribution in [0.15, 0.2) is 36.4 Å². The molecule has 1 nitrogen and oxygen atoms in total. The first-order chi connectivity index (χ1) is 9.00. The van der Waals surface area contributed by atoms with E-state index in [2.05, 4.69) is 0 Å². The summed E-state index contributed by atoms with van der Waals surface area (Å²) >= 11 is 11.7. The van der Waals surface area contributed by atoms with E-state index in [0.29, 0.717) is 11.1 Å². The van der Waals surface area contributed by atoms with Crippen molar-refractivity contribution in [2.45, 2.75) is 12.5 Å². The van der Waals surface area contributed by atoms with Gasteiger partial charge in [-0.15, -0.1) is 0 Å². The molecule has 2 aromatic rings. The van der Waals surface area contributed by atoms with Crippen molar-refractivity contribution >= 4 is 23.2 Å². The molecule has 100 valence electrons.